The van der Waals surface area contributed by atoms with E-state index in [-0.39, 0.29) is 34.7 Å². The average molecular weight is 451 g/mol. The Bertz CT molecular complexity index is 1310. The molecule has 0 amide bonds. The molecule has 0 saturated heterocycles. The minimum absolute atomic E-state index is 0.0197. The van der Waals surface area contributed by atoms with Gasteiger partial charge in [-0.1, -0.05) is 19.6 Å². The predicted molar refractivity (Wildman–Crippen MR) is 110 cm³/mol. The van der Waals surface area contributed by atoms with Crippen molar-refractivity contribution in [1.29, 1.82) is 0 Å². The first-order chi connectivity index (χ1) is 14.7. The molecule has 31 heavy (non-hydrogen) atoms. The van der Waals surface area contributed by atoms with E-state index in [2.05, 4.69) is 34.7 Å². The summed E-state index contributed by atoms with van der Waals surface area (Å²) >= 11 is 0. The van der Waals surface area contributed by atoms with Gasteiger partial charge in [-0.15, -0.1) is 0 Å². The van der Waals surface area contributed by atoms with Gasteiger partial charge in [-0.05, 0) is 18.2 Å². The van der Waals surface area contributed by atoms with Crippen molar-refractivity contribution in [2.45, 2.75) is 39.0 Å². The summed E-state index contributed by atoms with van der Waals surface area (Å²) in [6.07, 6.45) is 2.41. The molecule has 0 spiro atoms. The van der Waals surface area contributed by atoms with E-state index < -0.39 is 26.2 Å². The molecule has 164 valence electrons. The maximum absolute atomic E-state index is 14.6. The van der Waals surface area contributed by atoms with Crippen LogP contribution in [0.25, 0.3) is 33.5 Å². The Morgan fingerprint density at radius 1 is 1.23 bits per heavy atom. The van der Waals surface area contributed by atoms with Crippen LogP contribution in [0.15, 0.2) is 33.7 Å². The molecule has 8 nitrogen and oxygen atoms in total. The standard InChI is InChI=1S/C19H20F3N5O3Si/c1-31(2,3)7-6-29-10-26-15-12(20)5-4-11(16(15)30-19(26)28)13-8-23-17-14(25-13)9-24-27(17)18(21)22/h4-5,8-9,18H,6-7,10H2,1-3H3. The van der Waals surface area contributed by atoms with Crippen LogP contribution in [0.3, 0.4) is 0 Å². The van der Waals surface area contributed by atoms with E-state index in [9.17, 15) is 18.0 Å². The highest BCUT2D eigenvalue weighted by atomic mass is 28.3. The van der Waals surface area contributed by atoms with Crippen molar-refractivity contribution in [2.24, 2.45) is 0 Å². The highest BCUT2D eigenvalue weighted by Gasteiger charge is 2.21. The normalized spacial score (nSPS) is 12.5. The number of hydrogen-bond donors (Lipinski definition) is 0. The summed E-state index contributed by atoms with van der Waals surface area (Å²) in [6, 6.07) is 3.47. The molecule has 0 bridgehead atoms. The highest BCUT2D eigenvalue weighted by Crippen LogP contribution is 2.30. The second-order valence-corrected chi connectivity index (χ2v) is 13.9. The first kappa shape index (κ1) is 21.2. The van der Waals surface area contributed by atoms with Crippen LogP contribution >= 0.6 is 0 Å². The van der Waals surface area contributed by atoms with Crippen LogP contribution in [0.2, 0.25) is 25.7 Å². The lowest BCUT2D eigenvalue weighted by atomic mass is 10.1. The van der Waals surface area contributed by atoms with Crippen LogP contribution in [0, 0.1) is 5.82 Å². The fourth-order valence-corrected chi connectivity index (χ4v) is 3.85. The molecule has 0 aliphatic carbocycles. The van der Waals surface area contributed by atoms with Gasteiger partial charge in [0, 0.05) is 20.2 Å². The van der Waals surface area contributed by atoms with Gasteiger partial charge in [0.05, 0.1) is 18.1 Å². The van der Waals surface area contributed by atoms with E-state index in [1.54, 1.807) is 0 Å². The van der Waals surface area contributed by atoms with Crippen molar-refractivity contribution < 1.29 is 22.3 Å². The molecule has 0 saturated carbocycles. The summed E-state index contributed by atoms with van der Waals surface area (Å²) in [5.74, 6) is -1.42. The van der Waals surface area contributed by atoms with Crippen molar-refractivity contribution in [3.63, 3.8) is 0 Å². The van der Waals surface area contributed by atoms with Gasteiger partial charge in [0.25, 0.3) is 0 Å². The molecule has 0 fully saturated rings. The number of hydrogen-bond acceptors (Lipinski definition) is 6. The van der Waals surface area contributed by atoms with E-state index in [4.69, 9.17) is 9.15 Å². The Balaban J connectivity index is 1.72. The van der Waals surface area contributed by atoms with E-state index in [0.717, 1.165) is 16.8 Å². The third-order valence-corrected chi connectivity index (χ3v) is 6.44. The van der Waals surface area contributed by atoms with Crippen LogP contribution < -0.4 is 5.76 Å². The van der Waals surface area contributed by atoms with Crippen LogP contribution in [0.5, 0.6) is 0 Å². The number of nitrogens with zero attached hydrogens (tertiary/aromatic N) is 5. The van der Waals surface area contributed by atoms with Crippen molar-refractivity contribution >= 4 is 30.3 Å². The van der Waals surface area contributed by atoms with Gasteiger partial charge in [-0.3, -0.25) is 0 Å². The molecule has 1 aromatic carbocycles. The number of alkyl halides is 2. The van der Waals surface area contributed by atoms with Crippen LogP contribution in [-0.2, 0) is 11.5 Å². The second-order valence-electron chi connectivity index (χ2n) is 8.25. The Morgan fingerprint density at radius 3 is 2.71 bits per heavy atom. The zero-order valence-electron chi connectivity index (χ0n) is 17.1. The summed E-state index contributed by atoms with van der Waals surface area (Å²) in [6.45, 7) is 4.04. The number of oxazole rings is 1. The monoisotopic (exact) mass is 451 g/mol. The first-order valence-electron chi connectivity index (χ1n) is 9.54. The van der Waals surface area contributed by atoms with E-state index in [0.29, 0.717) is 16.9 Å². The van der Waals surface area contributed by atoms with Crippen molar-refractivity contribution in [2.75, 3.05) is 6.61 Å². The Hall–Kier alpha value is -2.99. The fourth-order valence-electron chi connectivity index (χ4n) is 3.09. The highest BCUT2D eigenvalue weighted by molar-refractivity contribution is 6.76. The quantitative estimate of drug-likeness (QED) is 0.308. The second kappa shape index (κ2) is 7.93. The van der Waals surface area contributed by atoms with Gasteiger partial charge in [-0.25, -0.2) is 23.7 Å². The number of benzene rings is 1. The third kappa shape index (κ3) is 4.12. The van der Waals surface area contributed by atoms with Crippen LogP contribution in [0.1, 0.15) is 6.55 Å². The molecule has 0 aliphatic heterocycles. The molecule has 0 aliphatic rings. The Kier molecular flexibility index (Phi) is 5.43. The van der Waals surface area contributed by atoms with E-state index in [1.807, 2.05) is 0 Å². The molecule has 3 heterocycles. The van der Waals surface area contributed by atoms with Crippen molar-refractivity contribution in [3.8, 4) is 11.3 Å². The van der Waals surface area contributed by atoms with E-state index in [1.165, 1.54) is 18.3 Å². The molecule has 0 radical (unpaired) electrons. The van der Waals surface area contributed by atoms with Crippen LogP contribution in [-0.4, -0.2) is 39.0 Å². The molecule has 0 N–H and O–H groups in total. The topological polar surface area (TPSA) is 88.0 Å². The predicted octanol–water partition coefficient (Wildman–Crippen LogP) is 4.25. The van der Waals surface area contributed by atoms with Gasteiger partial charge >= 0.3 is 12.3 Å². The number of aromatic nitrogens is 5. The third-order valence-electron chi connectivity index (χ3n) is 4.74. The number of halogens is 3. The molecule has 12 heteroatoms. The average Bonchev–Trinajstić information content (AvgIpc) is 3.26. The smallest absolute Gasteiger partial charge is 0.407 e. The van der Waals surface area contributed by atoms with Gasteiger partial charge in [0.2, 0.25) is 0 Å². The van der Waals surface area contributed by atoms with E-state index >= 15 is 0 Å². The number of fused-ring (bicyclic) bond motifs is 2. The zero-order valence-corrected chi connectivity index (χ0v) is 18.1. The maximum atomic E-state index is 14.6. The lowest BCUT2D eigenvalue weighted by Gasteiger charge is -2.15. The molecule has 4 aromatic rings. The first-order valence-corrected chi connectivity index (χ1v) is 13.2. The lowest BCUT2D eigenvalue weighted by Crippen LogP contribution is -2.23. The SMILES string of the molecule is C[Si](C)(C)CCOCn1c(=O)oc2c(-c3cnc4c(cnn4C(F)F)n3)ccc(F)c21. The molecule has 0 atom stereocenters. The summed E-state index contributed by atoms with van der Waals surface area (Å²) in [5, 5.41) is 3.57. The summed E-state index contributed by atoms with van der Waals surface area (Å²) in [7, 11) is -1.32. The zero-order chi connectivity index (χ0) is 22.3. The molecular weight excluding hydrogens is 431 g/mol. The molecular formula is C19H20F3N5O3Si. The van der Waals surface area contributed by atoms with Crippen molar-refractivity contribution in [1.82, 2.24) is 24.3 Å². The number of ether oxygens (including phenoxy) is 1. The van der Waals surface area contributed by atoms with Gasteiger partial charge in [-0.2, -0.15) is 18.6 Å². The molecule has 0 unspecified atom stereocenters. The summed E-state index contributed by atoms with van der Waals surface area (Å²) in [5.41, 5.74) is 0.494. The van der Waals surface area contributed by atoms with Gasteiger partial charge in [0.1, 0.15) is 17.8 Å². The maximum Gasteiger partial charge on any atom is 0.421 e. The van der Waals surface area contributed by atoms with Gasteiger partial charge < -0.3 is 9.15 Å². The minimum atomic E-state index is -2.86. The largest absolute Gasteiger partial charge is 0.421 e. The van der Waals surface area contributed by atoms with Crippen molar-refractivity contribution in [3.05, 3.63) is 40.9 Å². The minimum Gasteiger partial charge on any atom is -0.407 e. The van der Waals surface area contributed by atoms with Crippen LogP contribution in [0.4, 0.5) is 13.2 Å². The molecule has 3 aromatic heterocycles. The lowest BCUT2D eigenvalue weighted by molar-refractivity contribution is 0.0608. The Labute approximate surface area is 175 Å². The van der Waals surface area contributed by atoms with Gasteiger partial charge in [0.15, 0.2) is 17.0 Å². The molecule has 4 rings (SSSR count). The Morgan fingerprint density at radius 2 is 2.00 bits per heavy atom. The summed E-state index contributed by atoms with van der Waals surface area (Å²) < 4.78 is 53.0. The fraction of sp³-hybridized carbons (Fsp3) is 0.368. The number of rotatable bonds is 7. The summed E-state index contributed by atoms with van der Waals surface area (Å²) in [4.78, 5) is 20.6.